The summed E-state index contributed by atoms with van der Waals surface area (Å²) < 4.78 is 17.7. The lowest BCUT2D eigenvalue weighted by Crippen LogP contribution is -2.32. The molecule has 1 aromatic heterocycles. The highest BCUT2D eigenvalue weighted by molar-refractivity contribution is 5.90. The maximum Gasteiger partial charge on any atom is 0.338 e. The van der Waals surface area contributed by atoms with Gasteiger partial charge in [0.2, 0.25) is 5.95 Å². The normalized spacial score (nSPS) is 19.0. The monoisotopic (exact) mass is 497 g/mol. The van der Waals surface area contributed by atoms with Crippen molar-refractivity contribution in [3.05, 3.63) is 101 Å². The van der Waals surface area contributed by atoms with Gasteiger partial charge in [-0.05, 0) is 44.2 Å². The number of nitrogens with zero attached hydrogens (tertiary/aromatic N) is 2. The van der Waals surface area contributed by atoms with Crippen LogP contribution >= 0.6 is 0 Å². The minimum Gasteiger partial charge on any atom is -0.459 e. The third-order valence-electron chi connectivity index (χ3n) is 6.37. The summed E-state index contributed by atoms with van der Waals surface area (Å²) >= 11 is 0. The van der Waals surface area contributed by atoms with Crippen LogP contribution in [-0.4, -0.2) is 40.7 Å². The number of hydrogen-bond donors (Lipinski definition) is 1. The standard InChI is InChI=1S/C29H27N3O5/c1-17-7-11-19(12-8-17)27(33)35-16-25-23(37-28(34)20-13-9-18(2)10-14-20)15-24(36-25)26-21-5-3-4-6-22(21)31-29(30)32-26/h3-14,23-25H,15-16H2,1-2H3,(H2,30,31,32)/t23-,24+,25+/m0/s1. The lowest BCUT2D eigenvalue weighted by atomic mass is 10.0. The number of esters is 2. The fraction of sp³-hybridized carbons (Fsp3) is 0.241. The Bertz CT molecular complexity index is 1440. The van der Waals surface area contributed by atoms with E-state index in [1.807, 2.05) is 62.4 Å². The van der Waals surface area contributed by atoms with Gasteiger partial charge in [0, 0.05) is 11.8 Å². The van der Waals surface area contributed by atoms with Gasteiger partial charge >= 0.3 is 11.9 Å². The molecule has 1 fully saturated rings. The first-order valence-corrected chi connectivity index (χ1v) is 12.1. The Morgan fingerprint density at radius 2 is 1.51 bits per heavy atom. The molecule has 8 heteroatoms. The van der Waals surface area contributed by atoms with Crippen molar-refractivity contribution in [2.75, 3.05) is 12.3 Å². The fourth-order valence-corrected chi connectivity index (χ4v) is 4.35. The Hall–Kier alpha value is -4.30. The van der Waals surface area contributed by atoms with Gasteiger partial charge in [-0.2, -0.15) is 0 Å². The average molecular weight is 498 g/mol. The van der Waals surface area contributed by atoms with Crippen molar-refractivity contribution in [1.82, 2.24) is 9.97 Å². The first-order chi connectivity index (χ1) is 17.9. The molecule has 5 rings (SSSR count). The molecule has 0 saturated carbocycles. The lowest BCUT2D eigenvalue weighted by Gasteiger charge is -2.19. The summed E-state index contributed by atoms with van der Waals surface area (Å²) in [6, 6.07) is 21.7. The molecule has 4 aromatic rings. The molecular formula is C29H27N3O5. The number of para-hydroxylation sites is 1. The number of carbonyl (C=O) groups excluding carboxylic acids is 2. The predicted molar refractivity (Wildman–Crippen MR) is 138 cm³/mol. The van der Waals surface area contributed by atoms with Crippen LogP contribution in [0.1, 0.15) is 50.1 Å². The van der Waals surface area contributed by atoms with Crippen molar-refractivity contribution in [2.24, 2.45) is 0 Å². The van der Waals surface area contributed by atoms with Crippen molar-refractivity contribution >= 4 is 28.8 Å². The van der Waals surface area contributed by atoms with Crippen molar-refractivity contribution in [2.45, 2.75) is 38.6 Å². The van der Waals surface area contributed by atoms with Crippen LogP contribution in [0, 0.1) is 13.8 Å². The number of nitrogens with two attached hydrogens (primary N) is 1. The van der Waals surface area contributed by atoms with Crippen LogP contribution < -0.4 is 5.73 Å². The van der Waals surface area contributed by atoms with E-state index in [-0.39, 0.29) is 12.6 Å². The molecule has 0 bridgehead atoms. The van der Waals surface area contributed by atoms with Crippen LogP contribution in [0.25, 0.3) is 10.9 Å². The Labute approximate surface area is 214 Å². The van der Waals surface area contributed by atoms with Crippen LogP contribution in [-0.2, 0) is 14.2 Å². The van der Waals surface area contributed by atoms with Crippen molar-refractivity contribution in [1.29, 1.82) is 0 Å². The van der Waals surface area contributed by atoms with E-state index in [2.05, 4.69) is 9.97 Å². The second-order valence-electron chi connectivity index (χ2n) is 9.16. The average Bonchev–Trinajstić information content (AvgIpc) is 3.29. The van der Waals surface area contributed by atoms with Gasteiger partial charge in [-0.15, -0.1) is 0 Å². The molecule has 1 aliphatic rings. The number of rotatable bonds is 6. The Morgan fingerprint density at radius 1 is 0.892 bits per heavy atom. The van der Waals surface area contributed by atoms with Gasteiger partial charge in [-0.1, -0.05) is 53.6 Å². The van der Waals surface area contributed by atoms with Crippen LogP contribution in [0.4, 0.5) is 5.95 Å². The number of anilines is 1. The highest BCUT2D eigenvalue weighted by Crippen LogP contribution is 2.37. The minimum atomic E-state index is -0.691. The number of nitrogen functional groups attached to an aromatic ring is 1. The summed E-state index contributed by atoms with van der Waals surface area (Å²) in [5.74, 6) is -0.830. The zero-order valence-electron chi connectivity index (χ0n) is 20.6. The van der Waals surface area contributed by atoms with Gasteiger partial charge in [-0.25, -0.2) is 19.6 Å². The summed E-state index contributed by atoms with van der Waals surface area (Å²) in [7, 11) is 0. The zero-order valence-corrected chi connectivity index (χ0v) is 20.6. The van der Waals surface area contributed by atoms with Crippen LogP contribution in [0.5, 0.6) is 0 Å². The molecule has 0 aliphatic carbocycles. The number of ether oxygens (including phenoxy) is 3. The number of aromatic nitrogens is 2. The third kappa shape index (κ3) is 5.44. The number of benzene rings is 3. The van der Waals surface area contributed by atoms with Gasteiger partial charge in [0.1, 0.15) is 24.9 Å². The molecule has 2 N–H and O–H groups in total. The SMILES string of the molecule is Cc1ccc(C(=O)OC[C@H]2O[C@@H](c3nc(N)nc4ccccc34)C[C@@H]2OC(=O)c2ccc(C)cc2)cc1. The highest BCUT2D eigenvalue weighted by Gasteiger charge is 2.41. The molecule has 37 heavy (non-hydrogen) atoms. The Balaban J connectivity index is 1.38. The Morgan fingerprint density at radius 3 is 2.19 bits per heavy atom. The molecule has 0 spiro atoms. The zero-order chi connectivity index (χ0) is 25.9. The van der Waals surface area contributed by atoms with E-state index in [1.165, 1.54) is 0 Å². The summed E-state index contributed by atoms with van der Waals surface area (Å²) in [5.41, 5.74) is 10.2. The molecule has 3 atom stereocenters. The van der Waals surface area contributed by atoms with E-state index < -0.39 is 30.3 Å². The smallest absolute Gasteiger partial charge is 0.338 e. The molecular weight excluding hydrogens is 470 g/mol. The lowest BCUT2D eigenvalue weighted by molar-refractivity contribution is -0.0431. The highest BCUT2D eigenvalue weighted by atomic mass is 16.6. The molecule has 3 aromatic carbocycles. The van der Waals surface area contributed by atoms with E-state index in [0.29, 0.717) is 28.8 Å². The van der Waals surface area contributed by atoms with E-state index in [9.17, 15) is 9.59 Å². The third-order valence-corrected chi connectivity index (χ3v) is 6.37. The summed E-state index contributed by atoms with van der Waals surface area (Å²) in [5, 5.41) is 0.794. The van der Waals surface area contributed by atoms with Gasteiger partial charge < -0.3 is 19.9 Å². The topological polar surface area (TPSA) is 114 Å². The van der Waals surface area contributed by atoms with Crippen LogP contribution in [0.2, 0.25) is 0 Å². The molecule has 0 radical (unpaired) electrons. The minimum absolute atomic E-state index is 0.0897. The molecule has 1 saturated heterocycles. The number of aryl methyl sites for hydroxylation is 2. The summed E-state index contributed by atoms with van der Waals surface area (Å²) in [6.07, 6.45) is -1.57. The largest absolute Gasteiger partial charge is 0.459 e. The van der Waals surface area contributed by atoms with Gasteiger partial charge in [-0.3, -0.25) is 0 Å². The van der Waals surface area contributed by atoms with Gasteiger partial charge in [0.05, 0.1) is 22.3 Å². The van der Waals surface area contributed by atoms with Crippen molar-refractivity contribution in [3.8, 4) is 0 Å². The van der Waals surface area contributed by atoms with Crippen molar-refractivity contribution in [3.63, 3.8) is 0 Å². The summed E-state index contributed by atoms with van der Waals surface area (Å²) in [4.78, 5) is 34.3. The predicted octanol–water partition coefficient (Wildman–Crippen LogP) is 4.74. The van der Waals surface area contributed by atoms with Gasteiger partial charge in [0.25, 0.3) is 0 Å². The van der Waals surface area contributed by atoms with E-state index in [0.717, 1.165) is 16.5 Å². The maximum atomic E-state index is 12.9. The molecule has 2 heterocycles. The van der Waals surface area contributed by atoms with E-state index in [1.54, 1.807) is 24.3 Å². The van der Waals surface area contributed by atoms with Crippen LogP contribution in [0.3, 0.4) is 0 Å². The molecule has 0 unspecified atom stereocenters. The Kier molecular flexibility index (Phi) is 6.83. The molecule has 0 amide bonds. The molecule has 188 valence electrons. The first-order valence-electron chi connectivity index (χ1n) is 12.1. The van der Waals surface area contributed by atoms with Crippen molar-refractivity contribution < 1.29 is 23.8 Å². The number of fused-ring (bicyclic) bond motifs is 1. The summed E-state index contributed by atoms with van der Waals surface area (Å²) in [6.45, 7) is 3.80. The van der Waals surface area contributed by atoms with E-state index in [4.69, 9.17) is 19.9 Å². The fourth-order valence-electron chi connectivity index (χ4n) is 4.35. The van der Waals surface area contributed by atoms with Gasteiger partial charge in [0.15, 0.2) is 0 Å². The quantitative estimate of drug-likeness (QED) is 0.380. The second-order valence-corrected chi connectivity index (χ2v) is 9.16. The van der Waals surface area contributed by atoms with Crippen LogP contribution in [0.15, 0.2) is 72.8 Å². The molecule has 1 aliphatic heterocycles. The number of carbonyl (C=O) groups is 2. The maximum absolute atomic E-state index is 12.9. The number of hydrogen-bond acceptors (Lipinski definition) is 8. The van der Waals surface area contributed by atoms with E-state index >= 15 is 0 Å². The first kappa shape index (κ1) is 24.4. The second kappa shape index (κ2) is 10.4. The molecule has 8 nitrogen and oxygen atoms in total.